The zero-order valence-electron chi connectivity index (χ0n) is 15.9. The highest BCUT2D eigenvalue weighted by Crippen LogP contribution is 2.39. The number of benzene rings is 2. The molecule has 0 aliphatic carbocycles. The van der Waals surface area contributed by atoms with Gasteiger partial charge in [0.25, 0.3) is 17.5 Å². The molecule has 3 aromatic rings. The number of amides is 2. The monoisotopic (exact) mass is 419 g/mol. The highest BCUT2D eigenvalue weighted by Gasteiger charge is 2.43. The predicted molar refractivity (Wildman–Crippen MR) is 111 cm³/mol. The fourth-order valence-electron chi connectivity index (χ4n) is 4.32. The molecule has 0 spiro atoms. The Kier molecular flexibility index (Phi) is 4.45. The summed E-state index contributed by atoms with van der Waals surface area (Å²) < 4.78 is 0. The van der Waals surface area contributed by atoms with Crippen LogP contribution in [0.5, 0.6) is 0 Å². The molecule has 5 rings (SSSR count). The Hall–Kier alpha value is -3.36. The maximum atomic E-state index is 13.0. The van der Waals surface area contributed by atoms with Crippen LogP contribution in [-0.4, -0.2) is 39.8 Å². The van der Waals surface area contributed by atoms with E-state index in [1.807, 2.05) is 30.3 Å². The molecule has 2 aliphatic rings. The van der Waals surface area contributed by atoms with Gasteiger partial charge in [0.1, 0.15) is 5.56 Å². The molecule has 0 saturated carbocycles. The molecule has 0 saturated heterocycles. The highest BCUT2D eigenvalue weighted by molar-refractivity contribution is 7.10. The number of nitrogens with zero attached hydrogens (tertiary/aromatic N) is 3. The van der Waals surface area contributed by atoms with Crippen molar-refractivity contribution in [3.8, 4) is 0 Å². The molecule has 3 heterocycles. The Morgan fingerprint density at radius 1 is 1.03 bits per heavy atom. The Morgan fingerprint density at radius 3 is 2.60 bits per heavy atom. The Morgan fingerprint density at radius 2 is 1.83 bits per heavy atom. The summed E-state index contributed by atoms with van der Waals surface area (Å²) in [7, 11) is 0. The van der Waals surface area contributed by atoms with Gasteiger partial charge in [-0.2, -0.15) is 0 Å². The second-order valence-corrected chi connectivity index (χ2v) is 8.31. The van der Waals surface area contributed by atoms with Gasteiger partial charge in [-0.15, -0.1) is 11.3 Å². The van der Waals surface area contributed by atoms with Crippen molar-refractivity contribution in [3.05, 3.63) is 97.2 Å². The first-order chi connectivity index (χ1) is 14.6. The molecule has 8 heteroatoms. The number of nitro groups is 1. The van der Waals surface area contributed by atoms with E-state index in [1.54, 1.807) is 11.3 Å². The van der Waals surface area contributed by atoms with Crippen LogP contribution in [0.3, 0.4) is 0 Å². The lowest BCUT2D eigenvalue weighted by molar-refractivity contribution is -0.385. The topological polar surface area (TPSA) is 83.8 Å². The minimum atomic E-state index is -0.612. The van der Waals surface area contributed by atoms with Crippen molar-refractivity contribution in [1.29, 1.82) is 0 Å². The Labute approximate surface area is 176 Å². The van der Waals surface area contributed by atoms with E-state index in [4.69, 9.17) is 0 Å². The first-order valence-electron chi connectivity index (χ1n) is 9.55. The zero-order chi connectivity index (χ0) is 20.8. The van der Waals surface area contributed by atoms with Crippen molar-refractivity contribution in [3.63, 3.8) is 0 Å². The van der Waals surface area contributed by atoms with Crippen LogP contribution in [0, 0.1) is 10.1 Å². The number of fused-ring (bicyclic) bond motifs is 2. The summed E-state index contributed by atoms with van der Waals surface area (Å²) in [6, 6.07) is 16.2. The predicted octanol–water partition coefficient (Wildman–Crippen LogP) is 3.86. The van der Waals surface area contributed by atoms with Gasteiger partial charge in [-0.25, -0.2) is 0 Å². The van der Waals surface area contributed by atoms with Crippen molar-refractivity contribution in [2.45, 2.75) is 12.5 Å². The van der Waals surface area contributed by atoms with Crippen LogP contribution in [0.1, 0.15) is 42.8 Å². The summed E-state index contributed by atoms with van der Waals surface area (Å²) >= 11 is 1.72. The summed E-state index contributed by atoms with van der Waals surface area (Å²) in [5.41, 5.74) is 1.92. The van der Waals surface area contributed by atoms with Crippen molar-refractivity contribution in [1.82, 2.24) is 9.80 Å². The number of nitro benzene ring substituents is 1. The lowest BCUT2D eigenvalue weighted by Crippen LogP contribution is -2.45. The quantitative estimate of drug-likeness (QED) is 0.364. The van der Waals surface area contributed by atoms with Gasteiger partial charge in [-0.05, 0) is 35.1 Å². The van der Waals surface area contributed by atoms with Crippen LogP contribution in [0.25, 0.3) is 0 Å². The van der Waals surface area contributed by atoms with Crippen LogP contribution >= 0.6 is 11.3 Å². The van der Waals surface area contributed by atoms with Gasteiger partial charge in [-0.3, -0.25) is 29.5 Å². The lowest BCUT2D eigenvalue weighted by Gasteiger charge is -2.37. The smallest absolute Gasteiger partial charge is 0.274 e. The van der Waals surface area contributed by atoms with E-state index >= 15 is 0 Å². The van der Waals surface area contributed by atoms with E-state index < -0.39 is 16.7 Å². The normalized spacial score (nSPS) is 18.4. The number of hydrogen-bond donors (Lipinski definition) is 0. The number of carbonyl (C=O) groups excluding carboxylic acids is 2. The Balaban J connectivity index is 1.51. The maximum absolute atomic E-state index is 13.0. The molecule has 0 unspecified atom stereocenters. The molecule has 2 aliphatic heterocycles. The summed E-state index contributed by atoms with van der Waals surface area (Å²) in [6.45, 7) is 0.765. The Bertz CT molecular complexity index is 1170. The molecule has 1 aromatic heterocycles. The molecular weight excluding hydrogens is 402 g/mol. The molecule has 0 fully saturated rings. The first-order valence-corrected chi connectivity index (χ1v) is 10.4. The van der Waals surface area contributed by atoms with Gasteiger partial charge < -0.3 is 0 Å². The van der Waals surface area contributed by atoms with E-state index in [1.165, 1.54) is 28.6 Å². The van der Waals surface area contributed by atoms with Crippen LogP contribution in [0.2, 0.25) is 0 Å². The molecule has 0 radical (unpaired) electrons. The molecule has 0 N–H and O–H groups in total. The second kappa shape index (κ2) is 7.16. The van der Waals surface area contributed by atoms with Gasteiger partial charge in [0.05, 0.1) is 23.2 Å². The third-order valence-corrected chi connectivity index (χ3v) is 6.67. The minimum Gasteiger partial charge on any atom is -0.274 e. The van der Waals surface area contributed by atoms with Gasteiger partial charge in [0.15, 0.2) is 0 Å². The number of hydrogen-bond acceptors (Lipinski definition) is 6. The molecule has 7 nitrogen and oxygen atoms in total. The van der Waals surface area contributed by atoms with E-state index in [2.05, 4.69) is 16.3 Å². The number of thiophene rings is 1. The van der Waals surface area contributed by atoms with Crippen LogP contribution in [-0.2, 0) is 6.42 Å². The summed E-state index contributed by atoms with van der Waals surface area (Å²) in [5, 5.41) is 13.4. The average Bonchev–Trinajstić information content (AvgIpc) is 3.33. The molecule has 1 atom stereocenters. The third kappa shape index (κ3) is 2.84. The van der Waals surface area contributed by atoms with E-state index in [0.29, 0.717) is 6.54 Å². The van der Waals surface area contributed by atoms with Gasteiger partial charge >= 0.3 is 0 Å². The second-order valence-electron chi connectivity index (χ2n) is 7.31. The van der Waals surface area contributed by atoms with E-state index in [9.17, 15) is 19.7 Å². The average molecular weight is 419 g/mol. The maximum Gasteiger partial charge on any atom is 0.282 e. The molecule has 2 aromatic carbocycles. The van der Waals surface area contributed by atoms with E-state index in [-0.39, 0.29) is 29.5 Å². The van der Waals surface area contributed by atoms with Crippen molar-refractivity contribution in [2.24, 2.45) is 0 Å². The lowest BCUT2D eigenvalue weighted by atomic mass is 9.93. The number of carbonyl (C=O) groups is 2. The number of imide groups is 1. The molecule has 2 amide bonds. The molecule has 0 bridgehead atoms. The van der Waals surface area contributed by atoms with Gasteiger partial charge in [0.2, 0.25) is 0 Å². The fourth-order valence-corrected chi connectivity index (χ4v) is 5.23. The standard InChI is InChI=1S/C22H17N3O4S/c26-21-16-7-4-8-17(25(28)29)19(16)22(27)24(21)13-23-11-9-18-15(10-12-30-18)20(23)14-5-2-1-3-6-14/h1-8,10,12,20H,9,11,13H2/t20-/m1/s1. The highest BCUT2D eigenvalue weighted by atomic mass is 32.1. The van der Waals surface area contributed by atoms with E-state index in [0.717, 1.165) is 16.9 Å². The molecular formula is C22H17N3O4S. The summed E-state index contributed by atoms with van der Waals surface area (Å²) in [5.74, 6) is -1.09. The summed E-state index contributed by atoms with van der Waals surface area (Å²) in [4.78, 5) is 41.3. The SMILES string of the molecule is O=C1c2cccc([N+](=O)[O-])c2C(=O)N1CN1CCc2sccc2[C@H]1c1ccccc1. The zero-order valence-corrected chi connectivity index (χ0v) is 16.7. The van der Waals surface area contributed by atoms with Crippen LogP contribution < -0.4 is 0 Å². The largest absolute Gasteiger partial charge is 0.282 e. The summed E-state index contributed by atoms with van der Waals surface area (Å²) in [6.07, 6.45) is 0.833. The fraction of sp³-hybridized carbons (Fsp3) is 0.182. The molecule has 150 valence electrons. The van der Waals surface area contributed by atoms with Crippen LogP contribution in [0.4, 0.5) is 5.69 Å². The van der Waals surface area contributed by atoms with Gasteiger partial charge in [0, 0.05) is 17.5 Å². The van der Waals surface area contributed by atoms with Gasteiger partial charge in [-0.1, -0.05) is 36.4 Å². The van der Waals surface area contributed by atoms with Crippen molar-refractivity contribution >= 4 is 28.8 Å². The first kappa shape index (κ1) is 18.7. The number of rotatable bonds is 4. The van der Waals surface area contributed by atoms with Crippen molar-refractivity contribution in [2.75, 3.05) is 13.2 Å². The van der Waals surface area contributed by atoms with Crippen LogP contribution in [0.15, 0.2) is 60.0 Å². The molecule has 30 heavy (non-hydrogen) atoms. The van der Waals surface area contributed by atoms with Crippen molar-refractivity contribution < 1.29 is 14.5 Å². The minimum absolute atomic E-state index is 0.0817. The third-order valence-electron chi connectivity index (χ3n) is 5.68.